The predicted octanol–water partition coefficient (Wildman–Crippen LogP) is 0.894. The summed E-state index contributed by atoms with van der Waals surface area (Å²) < 4.78 is 0. The van der Waals surface area contributed by atoms with Gasteiger partial charge < -0.3 is 11.5 Å². The molecule has 80 valence electrons. The molecule has 1 saturated carbocycles. The average molecular weight is 205 g/mol. The highest BCUT2D eigenvalue weighted by atomic mass is 16.1. The van der Waals surface area contributed by atoms with E-state index in [9.17, 15) is 4.79 Å². The van der Waals surface area contributed by atoms with Gasteiger partial charge in [0.15, 0.2) is 5.78 Å². The maximum atomic E-state index is 12.1. The molecule has 1 aromatic rings. The smallest absolute Gasteiger partial charge is 0.173 e. The highest BCUT2D eigenvalue weighted by molar-refractivity contribution is 6.05. The SMILES string of the molecule is Cc1cnc(N)c(C(=O)C2(CN)CC2)c1. The number of carbonyl (C=O) groups excluding carboxylic acids is 1. The Morgan fingerprint density at radius 3 is 2.80 bits per heavy atom. The van der Waals surface area contributed by atoms with Gasteiger partial charge in [-0.3, -0.25) is 4.79 Å². The molecule has 0 unspecified atom stereocenters. The topological polar surface area (TPSA) is 82.0 Å². The van der Waals surface area contributed by atoms with E-state index in [2.05, 4.69) is 4.98 Å². The number of Topliss-reactive ketones (excluding diaryl/α,β-unsaturated/α-hetero) is 1. The van der Waals surface area contributed by atoms with E-state index >= 15 is 0 Å². The second kappa shape index (κ2) is 3.31. The Balaban J connectivity index is 2.37. The molecule has 0 aromatic carbocycles. The third kappa shape index (κ3) is 1.61. The molecule has 0 atom stereocenters. The summed E-state index contributed by atoms with van der Waals surface area (Å²) >= 11 is 0. The molecular weight excluding hydrogens is 190 g/mol. The second-order valence-corrected chi connectivity index (χ2v) is 4.26. The number of pyridine rings is 1. The summed E-state index contributed by atoms with van der Waals surface area (Å²) in [6.45, 7) is 2.30. The molecule has 1 aliphatic rings. The molecule has 4 N–H and O–H groups in total. The van der Waals surface area contributed by atoms with E-state index in [1.807, 2.05) is 6.92 Å². The first kappa shape index (κ1) is 10.1. The van der Waals surface area contributed by atoms with E-state index in [1.165, 1.54) is 0 Å². The number of rotatable bonds is 3. The summed E-state index contributed by atoms with van der Waals surface area (Å²) in [6, 6.07) is 1.79. The number of nitrogen functional groups attached to an aromatic ring is 1. The number of aromatic nitrogens is 1. The van der Waals surface area contributed by atoms with Gasteiger partial charge in [0.25, 0.3) is 0 Å². The summed E-state index contributed by atoms with van der Waals surface area (Å²) in [6.07, 6.45) is 3.40. The van der Waals surface area contributed by atoms with E-state index < -0.39 is 0 Å². The minimum absolute atomic E-state index is 0.0544. The van der Waals surface area contributed by atoms with Crippen LogP contribution in [0.3, 0.4) is 0 Å². The molecule has 2 rings (SSSR count). The lowest BCUT2D eigenvalue weighted by Gasteiger charge is -2.12. The lowest BCUT2D eigenvalue weighted by molar-refractivity contribution is 0.0906. The molecule has 1 aromatic heterocycles. The summed E-state index contributed by atoms with van der Waals surface area (Å²) in [5.74, 6) is 0.365. The summed E-state index contributed by atoms with van der Waals surface area (Å²) in [7, 11) is 0. The monoisotopic (exact) mass is 205 g/mol. The molecule has 0 aliphatic heterocycles. The van der Waals surface area contributed by atoms with Crippen LogP contribution < -0.4 is 11.5 Å². The average Bonchev–Trinajstić information content (AvgIpc) is 3.01. The molecule has 0 saturated heterocycles. The van der Waals surface area contributed by atoms with Crippen molar-refractivity contribution in [2.45, 2.75) is 19.8 Å². The molecule has 0 amide bonds. The van der Waals surface area contributed by atoms with Crippen LogP contribution in [0.2, 0.25) is 0 Å². The van der Waals surface area contributed by atoms with Crippen molar-refractivity contribution < 1.29 is 4.79 Å². The number of hydrogen-bond acceptors (Lipinski definition) is 4. The zero-order valence-corrected chi connectivity index (χ0v) is 8.79. The van der Waals surface area contributed by atoms with Crippen molar-refractivity contribution in [3.05, 3.63) is 23.4 Å². The minimum Gasteiger partial charge on any atom is -0.383 e. The van der Waals surface area contributed by atoms with Crippen LogP contribution in [-0.2, 0) is 0 Å². The number of anilines is 1. The second-order valence-electron chi connectivity index (χ2n) is 4.26. The van der Waals surface area contributed by atoms with Crippen LogP contribution in [0.25, 0.3) is 0 Å². The Bertz CT molecular complexity index is 410. The van der Waals surface area contributed by atoms with Crippen molar-refractivity contribution in [3.63, 3.8) is 0 Å². The minimum atomic E-state index is -0.344. The van der Waals surface area contributed by atoms with Crippen molar-refractivity contribution in [3.8, 4) is 0 Å². The van der Waals surface area contributed by atoms with Gasteiger partial charge in [-0.15, -0.1) is 0 Å². The zero-order valence-electron chi connectivity index (χ0n) is 8.79. The first-order valence-electron chi connectivity index (χ1n) is 5.06. The van der Waals surface area contributed by atoms with Crippen LogP contribution >= 0.6 is 0 Å². The van der Waals surface area contributed by atoms with Crippen LogP contribution in [0.5, 0.6) is 0 Å². The van der Waals surface area contributed by atoms with Crippen LogP contribution in [-0.4, -0.2) is 17.3 Å². The molecule has 15 heavy (non-hydrogen) atoms. The van der Waals surface area contributed by atoms with Crippen LogP contribution in [0.1, 0.15) is 28.8 Å². The van der Waals surface area contributed by atoms with Crippen molar-refractivity contribution in [1.82, 2.24) is 4.98 Å². The van der Waals surface area contributed by atoms with Gasteiger partial charge in [-0.05, 0) is 31.4 Å². The highest BCUT2D eigenvalue weighted by Gasteiger charge is 2.49. The van der Waals surface area contributed by atoms with Gasteiger partial charge in [0, 0.05) is 18.2 Å². The quantitative estimate of drug-likeness (QED) is 0.718. The molecule has 4 heteroatoms. The Labute approximate surface area is 88.7 Å². The molecule has 1 fully saturated rings. The van der Waals surface area contributed by atoms with Crippen LogP contribution in [0.4, 0.5) is 5.82 Å². The summed E-state index contributed by atoms with van der Waals surface area (Å²) in [4.78, 5) is 16.1. The summed E-state index contributed by atoms with van der Waals surface area (Å²) in [5.41, 5.74) is 12.4. The van der Waals surface area contributed by atoms with Gasteiger partial charge in [-0.1, -0.05) is 0 Å². The van der Waals surface area contributed by atoms with E-state index in [-0.39, 0.29) is 11.2 Å². The zero-order chi connectivity index (χ0) is 11.1. The van der Waals surface area contributed by atoms with E-state index in [0.29, 0.717) is 17.9 Å². The molecule has 1 heterocycles. The predicted molar refractivity (Wildman–Crippen MR) is 58.4 cm³/mol. The van der Waals surface area contributed by atoms with Crippen molar-refractivity contribution in [2.75, 3.05) is 12.3 Å². The van der Waals surface area contributed by atoms with E-state index in [4.69, 9.17) is 11.5 Å². The molecule has 0 spiro atoms. The van der Waals surface area contributed by atoms with Gasteiger partial charge in [-0.25, -0.2) is 4.98 Å². The lowest BCUT2D eigenvalue weighted by Crippen LogP contribution is -2.26. The number of aryl methyl sites for hydroxylation is 1. The summed E-state index contributed by atoms with van der Waals surface area (Å²) in [5, 5.41) is 0. The molecule has 0 radical (unpaired) electrons. The van der Waals surface area contributed by atoms with Gasteiger partial charge in [0.1, 0.15) is 5.82 Å². The van der Waals surface area contributed by atoms with Gasteiger partial charge in [-0.2, -0.15) is 0 Å². The number of hydrogen-bond donors (Lipinski definition) is 2. The standard InChI is InChI=1S/C11H15N3O/c1-7-4-8(10(13)14-5-7)9(15)11(6-12)2-3-11/h4-5H,2-3,6,12H2,1H3,(H2,13,14). The van der Waals surface area contributed by atoms with Crippen molar-refractivity contribution in [2.24, 2.45) is 11.1 Å². The molecule has 1 aliphatic carbocycles. The number of nitrogens with zero attached hydrogens (tertiary/aromatic N) is 1. The van der Waals surface area contributed by atoms with Crippen LogP contribution in [0, 0.1) is 12.3 Å². The van der Waals surface area contributed by atoms with Gasteiger partial charge in [0.05, 0.1) is 5.56 Å². The maximum absolute atomic E-state index is 12.1. The lowest BCUT2D eigenvalue weighted by atomic mass is 9.94. The third-order valence-electron chi connectivity index (χ3n) is 3.03. The number of carbonyl (C=O) groups is 1. The Hall–Kier alpha value is -1.42. The van der Waals surface area contributed by atoms with Crippen molar-refractivity contribution >= 4 is 11.6 Å². The van der Waals surface area contributed by atoms with Gasteiger partial charge >= 0.3 is 0 Å². The number of ketones is 1. The Kier molecular flexibility index (Phi) is 2.23. The largest absolute Gasteiger partial charge is 0.383 e. The first-order chi connectivity index (χ1) is 7.09. The van der Waals surface area contributed by atoms with E-state index in [0.717, 1.165) is 18.4 Å². The van der Waals surface area contributed by atoms with Crippen LogP contribution in [0.15, 0.2) is 12.3 Å². The maximum Gasteiger partial charge on any atom is 0.173 e. The first-order valence-corrected chi connectivity index (χ1v) is 5.06. The van der Waals surface area contributed by atoms with E-state index in [1.54, 1.807) is 12.3 Å². The Morgan fingerprint density at radius 1 is 1.60 bits per heavy atom. The molecule has 0 bridgehead atoms. The fourth-order valence-corrected chi connectivity index (χ4v) is 1.72. The number of nitrogens with two attached hydrogens (primary N) is 2. The molecule has 4 nitrogen and oxygen atoms in total. The Morgan fingerprint density at radius 2 is 2.27 bits per heavy atom. The fourth-order valence-electron chi connectivity index (χ4n) is 1.72. The normalized spacial score (nSPS) is 17.5. The fraction of sp³-hybridized carbons (Fsp3) is 0.455. The van der Waals surface area contributed by atoms with Crippen molar-refractivity contribution in [1.29, 1.82) is 0 Å². The third-order valence-corrected chi connectivity index (χ3v) is 3.03. The highest BCUT2D eigenvalue weighted by Crippen LogP contribution is 2.47. The van der Waals surface area contributed by atoms with Gasteiger partial charge in [0.2, 0.25) is 0 Å². The molecular formula is C11H15N3O.